The zero-order chi connectivity index (χ0) is 13.8. The molecule has 1 aromatic rings. The lowest BCUT2D eigenvalue weighted by Crippen LogP contribution is -2.14. The molecule has 1 heterocycles. The molecular formula is C10H10F3NO4. The molecule has 0 aliphatic rings. The molecule has 0 aliphatic heterocycles. The second-order valence-electron chi connectivity index (χ2n) is 3.19. The highest BCUT2D eigenvalue weighted by molar-refractivity contribution is 5.90. The Morgan fingerprint density at radius 3 is 2.56 bits per heavy atom. The summed E-state index contributed by atoms with van der Waals surface area (Å²) in [4.78, 5) is 13.9. The SMILES string of the molecule is COCCOc1nc(C(F)(F)F)ccc1C(=O)O. The largest absolute Gasteiger partial charge is 0.477 e. The molecule has 0 aromatic carbocycles. The van der Waals surface area contributed by atoms with Crippen LogP contribution in [0, 0.1) is 0 Å². The number of pyridine rings is 1. The highest BCUT2D eigenvalue weighted by Crippen LogP contribution is 2.30. The number of nitrogens with zero attached hydrogens (tertiary/aromatic N) is 1. The van der Waals surface area contributed by atoms with Gasteiger partial charge in [0, 0.05) is 7.11 Å². The third-order valence-electron chi connectivity index (χ3n) is 1.91. The molecule has 0 fully saturated rings. The van der Waals surface area contributed by atoms with Gasteiger partial charge in [0.2, 0.25) is 5.88 Å². The average Bonchev–Trinajstić information content (AvgIpc) is 2.27. The molecule has 0 atom stereocenters. The van der Waals surface area contributed by atoms with Crippen molar-refractivity contribution < 1.29 is 32.5 Å². The minimum absolute atomic E-state index is 0.0922. The maximum atomic E-state index is 12.4. The van der Waals surface area contributed by atoms with Gasteiger partial charge in [-0.25, -0.2) is 9.78 Å². The third kappa shape index (κ3) is 3.59. The van der Waals surface area contributed by atoms with Crippen LogP contribution in [0.15, 0.2) is 12.1 Å². The summed E-state index contributed by atoms with van der Waals surface area (Å²) in [6.45, 7) is 0.0159. The van der Waals surface area contributed by atoms with Crippen LogP contribution in [0.2, 0.25) is 0 Å². The lowest BCUT2D eigenvalue weighted by Gasteiger charge is -2.11. The Balaban J connectivity index is 3.04. The molecule has 0 radical (unpaired) electrons. The van der Waals surface area contributed by atoms with Crippen molar-refractivity contribution in [2.75, 3.05) is 20.3 Å². The van der Waals surface area contributed by atoms with Crippen molar-refractivity contribution >= 4 is 5.97 Å². The number of carbonyl (C=O) groups is 1. The summed E-state index contributed by atoms with van der Waals surface area (Å²) < 4.78 is 46.7. The predicted molar refractivity (Wildman–Crippen MR) is 53.6 cm³/mol. The van der Waals surface area contributed by atoms with Crippen molar-refractivity contribution in [3.63, 3.8) is 0 Å². The lowest BCUT2D eigenvalue weighted by atomic mass is 10.2. The Hall–Kier alpha value is -1.83. The molecule has 0 saturated heterocycles. The number of carboxylic acid groups (broad SMARTS) is 1. The number of rotatable bonds is 5. The number of ether oxygens (including phenoxy) is 2. The van der Waals surface area contributed by atoms with Crippen molar-refractivity contribution in [3.05, 3.63) is 23.4 Å². The number of halogens is 3. The summed E-state index contributed by atoms with van der Waals surface area (Å²) in [5.41, 5.74) is -1.64. The molecule has 5 nitrogen and oxygen atoms in total. The third-order valence-corrected chi connectivity index (χ3v) is 1.91. The molecule has 0 amide bonds. The summed E-state index contributed by atoms with van der Waals surface area (Å²) >= 11 is 0. The van der Waals surface area contributed by atoms with Gasteiger partial charge in [-0.2, -0.15) is 13.2 Å². The molecule has 1 aromatic heterocycles. The predicted octanol–water partition coefficient (Wildman–Crippen LogP) is 1.82. The van der Waals surface area contributed by atoms with Crippen LogP contribution in [0.5, 0.6) is 5.88 Å². The molecule has 0 bridgehead atoms. The highest BCUT2D eigenvalue weighted by atomic mass is 19.4. The van der Waals surface area contributed by atoms with E-state index in [0.29, 0.717) is 6.07 Å². The highest BCUT2D eigenvalue weighted by Gasteiger charge is 2.33. The van der Waals surface area contributed by atoms with Gasteiger partial charge < -0.3 is 14.6 Å². The first-order chi connectivity index (χ1) is 8.36. The second kappa shape index (κ2) is 5.67. The molecule has 0 saturated carbocycles. The molecule has 1 rings (SSSR count). The van der Waals surface area contributed by atoms with E-state index in [4.69, 9.17) is 9.84 Å². The second-order valence-corrected chi connectivity index (χ2v) is 3.19. The molecule has 0 spiro atoms. The number of hydrogen-bond donors (Lipinski definition) is 1. The van der Waals surface area contributed by atoms with E-state index in [1.54, 1.807) is 0 Å². The minimum Gasteiger partial charge on any atom is -0.477 e. The van der Waals surface area contributed by atoms with Crippen LogP contribution in [0.25, 0.3) is 0 Å². The van der Waals surface area contributed by atoms with Crippen molar-refractivity contribution in [3.8, 4) is 5.88 Å². The van der Waals surface area contributed by atoms with Crippen molar-refractivity contribution in [2.45, 2.75) is 6.18 Å². The number of aromatic nitrogens is 1. The Bertz CT molecular complexity index is 434. The van der Waals surface area contributed by atoms with Crippen LogP contribution in [0.4, 0.5) is 13.2 Å². The van der Waals surface area contributed by atoms with Gasteiger partial charge >= 0.3 is 12.1 Å². The first kappa shape index (κ1) is 14.2. The van der Waals surface area contributed by atoms with E-state index in [1.165, 1.54) is 7.11 Å². The van der Waals surface area contributed by atoms with Gasteiger partial charge in [-0.05, 0) is 12.1 Å². The van der Waals surface area contributed by atoms with E-state index in [-0.39, 0.29) is 13.2 Å². The zero-order valence-electron chi connectivity index (χ0n) is 9.32. The maximum absolute atomic E-state index is 12.4. The Kier molecular flexibility index (Phi) is 4.49. The zero-order valence-corrected chi connectivity index (χ0v) is 9.32. The first-order valence-electron chi connectivity index (χ1n) is 4.79. The van der Waals surface area contributed by atoms with E-state index >= 15 is 0 Å². The first-order valence-corrected chi connectivity index (χ1v) is 4.79. The number of hydrogen-bond acceptors (Lipinski definition) is 4. The minimum atomic E-state index is -4.66. The smallest absolute Gasteiger partial charge is 0.433 e. The summed E-state index contributed by atoms with van der Waals surface area (Å²) in [5.74, 6) is -1.99. The molecule has 1 N–H and O–H groups in total. The topological polar surface area (TPSA) is 68.7 Å². The Morgan fingerprint density at radius 1 is 1.39 bits per heavy atom. The van der Waals surface area contributed by atoms with E-state index in [2.05, 4.69) is 9.72 Å². The standard InChI is InChI=1S/C10H10F3NO4/c1-17-4-5-18-8-6(9(15)16)2-3-7(14-8)10(11,12)13/h2-3H,4-5H2,1H3,(H,15,16). The molecular weight excluding hydrogens is 255 g/mol. The summed E-state index contributed by atoms with van der Waals surface area (Å²) in [6.07, 6.45) is -4.66. The molecule has 0 unspecified atom stereocenters. The number of methoxy groups -OCH3 is 1. The van der Waals surface area contributed by atoms with E-state index < -0.39 is 29.3 Å². The molecule has 0 aliphatic carbocycles. The van der Waals surface area contributed by atoms with E-state index in [9.17, 15) is 18.0 Å². The van der Waals surface area contributed by atoms with Crippen LogP contribution in [-0.4, -0.2) is 36.4 Å². The molecule has 18 heavy (non-hydrogen) atoms. The van der Waals surface area contributed by atoms with Gasteiger partial charge in [-0.1, -0.05) is 0 Å². The fraction of sp³-hybridized carbons (Fsp3) is 0.400. The maximum Gasteiger partial charge on any atom is 0.433 e. The summed E-state index contributed by atoms with van der Waals surface area (Å²) in [6, 6.07) is 1.40. The average molecular weight is 265 g/mol. The Morgan fingerprint density at radius 2 is 2.06 bits per heavy atom. The van der Waals surface area contributed by atoms with Crippen LogP contribution in [0.1, 0.15) is 16.1 Å². The normalized spacial score (nSPS) is 11.3. The monoisotopic (exact) mass is 265 g/mol. The van der Waals surface area contributed by atoms with Gasteiger partial charge in [-0.15, -0.1) is 0 Å². The number of alkyl halides is 3. The van der Waals surface area contributed by atoms with Crippen LogP contribution in [-0.2, 0) is 10.9 Å². The van der Waals surface area contributed by atoms with Crippen LogP contribution >= 0.6 is 0 Å². The van der Waals surface area contributed by atoms with Gasteiger partial charge in [0.05, 0.1) is 6.61 Å². The van der Waals surface area contributed by atoms with E-state index in [0.717, 1.165) is 6.07 Å². The van der Waals surface area contributed by atoms with Gasteiger partial charge in [0.25, 0.3) is 0 Å². The molecule has 100 valence electrons. The summed E-state index contributed by atoms with van der Waals surface area (Å²) in [5, 5.41) is 8.78. The van der Waals surface area contributed by atoms with Gasteiger partial charge in [0.15, 0.2) is 0 Å². The van der Waals surface area contributed by atoms with Crippen molar-refractivity contribution in [1.29, 1.82) is 0 Å². The molecule has 8 heteroatoms. The van der Waals surface area contributed by atoms with Crippen molar-refractivity contribution in [1.82, 2.24) is 4.98 Å². The quantitative estimate of drug-likeness (QED) is 0.822. The van der Waals surface area contributed by atoms with Crippen LogP contribution in [0.3, 0.4) is 0 Å². The fourth-order valence-electron chi connectivity index (χ4n) is 1.09. The number of aromatic carboxylic acids is 1. The van der Waals surface area contributed by atoms with Gasteiger partial charge in [0.1, 0.15) is 17.9 Å². The van der Waals surface area contributed by atoms with Gasteiger partial charge in [-0.3, -0.25) is 0 Å². The van der Waals surface area contributed by atoms with Crippen molar-refractivity contribution in [2.24, 2.45) is 0 Å². The fourth-order valence-corrected chi connectivity index (χ4v) is 1.09. The Labute approximate surface area is 100 Å². The van der Waals surface area contributed by atoms with E-state index in [1.807, 2.05) is 0 Å². The van der Waals surface area contributed by atoms with Crippen LogP contribution < -0.4 is 4.74 Å². The lowest BCUT2D eigenvalue weighted by molar-refractivity contribution is -0.141. The number of carboxylic acids is 1. The summed E-state index contributed by atoms with van der Waals surface area (Å²) in [7, 11) is 1.38.